The number of benzene rings is 1. The molecule has 1 aliphatic carbocycles. The summed E-state index contributed by atoms with van der Waals surface area (Å²) >= 11 is 0. The fourth-order valence-corrected chi connectivity index (χ4v) is 4.51. The van der Waals surface area contributed by atoms with Gasteiger partial charge in [0.05, 0.1) is 6.04 Å². The van der Waals surface area contributed by atoms with E-state index in [-0.39, 0.29) is 0 Å². The van der Waals surface area contributed by atoms with E-state index >= 15 is 0 Å². The zero-order valence-electron chi connectivity index (χ0n) is 16.2. The molecule has 0 aromatic heterocycles. The van der Waals surface area contributed by atoms with Crippen LogP contribution in [0.4, 0.5) is 0 Å². The second-order valence-corrected chi connectivity index (χ2v) is 8.13. The molecule has 0 saturated carbocycles. The average molecular weight is 340 g/mol. The van der Waals surface area contributed by atoms with Gasteiger partial charge in [0.15, 0.2) is 0 Å². The molecule has 2 nitrogen and oxygen atoms in total. The fourth-order valence-electron chi connectivity index (χ4n) is 4.51. The van der Waals surface area contributed by atoms with E-state index in [1.807, 2.05) is 0 Å². The monoisotopic (exact) mass is 339 g/mol. The standard InChI is InChI=1S/C23H33NO/c1-4-5-6-7-12-23(25)24-14-13-20-19-11-9-8-10-18(19)16-21(20)22(24)15-17(2)3/h8-11,17,22H,4-7,12-16H2,1-3H3. The number of hydrogen-bond donors (Lipinski definition) is 0. The van der Waals surface area contributed by atoms with Crippen molar-refractivity contribution >= 4 is 11.5 Å². The lowest BCUT2D eigenvalue weighted by molar-refractivity contribution is -0.133. The Labute approximate surface area is 153 Å². The molecule has 1 amide bonds. The molecule has 1 aromatic carbocycles. The predicted octanol–water partition coefficient (Wildman–Crippen LogP) is 5.61. The maximum Gasteiger partial charge on any atom is 0.223 e. The Balaban J connectivity index is 1.77. The number of nitrogens with zero attached hydrogens (tertiary/aromatic N) is 1. The molecule has 0 bridgehead atoms. The number of carbonyl (C=O) groups excluding carboxylic acids is 1. The molecule has 1 unspecified atom stereocenters. The number of rotatable bonds is 7. The number of unbranched alkanes of at least 4 members (excludes halogenated alkanes) is 3. The van der Waals surface area contributed by atoms with Crippen LogP contribution < -0.4 is 0 Å². The Hall–Kier alpha value is -1.57. The van der Waals surface area contributed by atoms with Gasteiger partial charge < -0.3 is 4.90 Å². The van der Waals surface area contributed by atoms with Gasteiger partial charge in [0.1, 0.15) is 0 Å². The normalized spacial score (nSPS) is 19.4. The highest BCUT2D eigenvalue weighted by Gasteiger charge is 2.36. The lowest BCUT2D eigenvalue weighted by Crippen LogP contribution is -2.45. The SMILES string of the molecule is CCCCCCC(=O)N1CCC2=C(Cc3ccccc32)C1CC(C)C. The molecule has 0 spiro atoms. The summed E-state index contributed by atoms with van der Waals surface area (Å²) in [5.74, 6) is 0.986. The lowest BCUT2D eigenvalue weighted by atomic mass is 9.87. The van der Waals surface area contributed by atoms with Crippen LogP contribution in [-0.4, -0.2) is 23.4 Å². The average Bonchev–Trinajstić information content (AvgIpc) is 2.98. The molecule has 1 heterocycles. The van der Waals surface area contributed by atoms with E-state index in [4.69, 9.17) is 0 Å². The summed E-state index contributed by atoms with van der Waals surface area (Å²) in [6.45, 7) is 7.68. The van der Waals surface area contributed by atoms with Crippen molar-refractivity contribution in [2.24, 2.45) is 5.92 Å². The van der Waals surface area contributed by atoms with E-state index in [1.165, 1.54) is 41.5 Å². The summed E-state index contributed by atoms with van der Waals surface area (Å²) in [5.41, 5.74) is 5.97. The van der Waals surface area contributed by atoms with Gasteiger partial charge >= 0.3 is 0 Å². The third-order valence-electron chi connectivity index (χ3n) is 5.75. The van der Waals surface area contributed by atoms with Crippen LogP contribution in [0, 0.1) is 5.92 Å². The van der Waals surface area contributed by atoms with Gasteiger partial charge in [-0.1, -0.05) is 64.3 Å². The van der Waals surface area contributed by atoms with Gasteiger partial charge in [-0.15, -0.1) is 0 Å². The van der Waals surface area contributed by atoms with Crippen LogP contribution in [0.3, 0.4) is 0 Å². The van der Waals surface area contributed by atoms with Crippen LogP contribution in [0.2, 0.25) is 0 Å². The van der Waals surface area contributed by atoms with E-state index in [2.05, 4.69) is 49.9 Å². The zero-order valence-corrected chi connectivity index (χ0v) is 16.2. The summed E-state index contributed by atoms with van der Waals surface area (Å²) in [5, 5.41) is 0. The second kappa shape index (κ2) is 8.21. The highest BCUT2D eigenvalue weighted by Crippen LogP contribution is 2.42. The Morgan fingerprint density at radius 2 is 2.00 bits per heavy atom. The quantitative estimate of drug-likeness (QED) is 0.591. The van der Waals surface area contributed by atoms with Gasteiger partial charge in [-0.2, -0.15) is 0 Å². The maximum absolute atomic E-state index is 12.9. The van der Waals surface area contributed by atoms with Crippen LogP contribution in [0.25, 0.3) is 5.57 Å². The molecule has 2 heteroatoms. The Morgan fingerprint density at radius 3 is 2.76 bits per heavy atom. The number of amides is 1. The third kappa shape index (κ3) is 3.99. The highest BCUT2D eigenvalue weighted by atomic mass is 16.2. The fraction of sp³-hybridized carbons (Fsp3) is 0.609. The Bertz CT molecular complexity index is 643. The van der Waals surface area contributed by atoms with Crippen molar-refractivity contribution in [3.8, 4) is 0 Å². The van der Waals surface area contributed by atoms with Gasteiger partial charge in [0.2, 0.25) is 5.91 Å². The molecule has 25 heavy (non-hydrogen) atoms. The Kier molecular flexibility index (Phi) is 5.98. The van der Waals surface area contributed by atoms with Crippen molar-refractivity contribution in [1.29, 1.82) is 0 Å². The predicted molar refractivity (Wildman–Crippen MR) is 105 cm³/mol. The van der Waals surface area contributed by atoms with E-state index in [9.17, 15) is 4.79 Å². The van der Waals surface area contributed by atoms with Gasteiger partial charge in [0, 0.05) is 13.0 Å². The number of fused-ring (bicyclic) bond motifs is 2. The minimum absolute atomic E-state index is 0.315. The molecule has 0 N–H and O–H groups in total. The van der Waals surface area contributed by atoms with Crippen molar-refractivity contribution in [3.63, 3.8) is 0 Å². The molecule has 0 fully saturated rings. The van der Waals surface area contributed by atoms with Crippen molar-refractivity contribution < 1.29 is 4.79 Å². The van der Waals surface area contributed by atoms with E-state index < -0.39 is 0 Å². The topological polar surface area (TPSA) is 20.3 Å². The molecule has 0 saturated heterocycles. The molecule has 136 valence electrons. The molecule has 1 atom stereocenters. The van der Waals surface area contributed by atoms with Gasteiger partial charge in [0.25, 0.3) is 0 Å². The first kappa shape index (κ1) is 18.2. The van der Waals surface area contributed by atoms with E-state index in [0.717, 1.165) is 38.6 Å². The summed E-state index contributed by atoms with van der Waals surface area (Å²) < 4.78 is 0. The molecular weight excluding hydrogens is 306 g/mol. The van der Waals surface area contributed by atoms with Crippen LogP contribution in [0.1, 0.15) is 76.8 Å². The first-order chi connectivity index (χ1) is 12.1. The molecule has 1 aromatic rings. The van der Waals surface area contributed by atoms with E-state index in [1.54, 1.807) is 0 Å². The largest absolute Gasteiger partial charge is 0.336 e. The summed E-state index contributed by atoms with van der Waals surface area (Å²) in [7, 11) is 0. The minimum Gasteiger partial charge on any atom is -0.336 e. The number of hydrogen-bond acceptors (Lipinski definition) is 1. The van der Waals surface area contributed by atoms with E-state index in [0.29, 0.717) is 17.9 Å². The van der Waals surface area contributed by atoms with Crippen molar-refractivity contribution in [2.45, 2.75) is 78.2 Å². The minimum atomic E-state index is 0.315. The van der Waals surface area contributed by atoms with Crippen molar-refractivity contribution in [2.75, 3.05) is 6.54 Å². The Morgan fingerprint density at radius 1 is 1.20 bits per heavy atom. The maximum atomic E-state index is 12.9. The zero-order chi connectivity index (χ0) is 17.8. The van der Waals surface area contributed by atoms with Crippen molar-refractivity contribution in [1.82, 2.24) is 4.90 Å². The summed E-state index contributed by atoms with van der Waals surface area (Å²) in [4.78, 5) is 15.1. The van der Waals surface area contributed by atoms with Gasteiger partial charge in [-0.05, 0) is 53.9 Å². The van der Waals surface area contributed by atoms with Crippen LogP contribution in [0.15, 0.2) is 29.8 Å². The second-order valence-electron chi connectivity index (χ2n) is 8.13. The molecule has 1 aliphatic heterocycles. The lowest BCUT2D eigenvalue weighted by Gasteiger charge is -2.38. The molecule has 3 rings (SSSR count). The smallest absolute Gasteiger partial charge is 0.223 e. The van der Waals surface area contributed by atoms with Crippen molar-refractivity contribution in [3.05, 3.63) is 41.0 Å². The molecule has 0 radical (unpaired) electrons. The first-order valence-electron chi connectivity index (χ1n) is 10.2. The van der Waals surface area contributed by atoms with Crippen LogP contribution in [-0.2, 0) is 11.2 Å². The highest BCUT2D eigenvalue weighted by molar-refractivity contribution is 5.83. The van der Waals surface area contributed by atoms with Gasteiger partial charge in [-0.3, -0.25) is 4.79 Å². The summed E-state index contributed by atoms with van der Waals surface area (Å²) in [6.07, 6.45) is 8.59. The molecular formula is C23H33NO. The third-order valence-corrected chi connectivity index (χ3v) is 5.75. The number of carbonyl (C=O) groups is 1. The van der Waals surface area contributed by atoms with Crippen LogP contribution >= 0.6 is 0 Å². The summed E-state index contributed by atoms with van der Waals surface area (Å²) in [6, 6.07) is 9.14. The van der Waals surface area contributed by atoms with Gasteiger partial charge in [-0.25, -0.2) is 0 Å². The van der Waals surface area contributed by atoms with Crippen LogP contribution in [0.5, 0.6) is 0 Å². The first-order valence-corrected chi connectivity index (χ1v) is 10.2. The molecule has 2 aliphatic rings.